The summed E-state index contributed by atoms with van der Waals surface area (Å²) < 4.78 is 5.83. The maximum atomic E-state index is 6.04. The lowest BCUT2D eigenvalue weighted by Gasteiger charge is -2.34. The molecule has 1 fully saturated rings. The largest absolute Gasteiger partial charge is 0.378 e. The second-order valence-corrected chi connectivity index (χ2v) is 6.71. The number of halogens is 1. The quantitative estimate of drug-likeness (QED) is 0.884. The Morgan fingerprint density at radius 2 is 2.15 bits per heavy atom. The second-order valence-electron chi connectivity index (χ2n) is 6.28. The molecule has 2 rings (SSSR count). The van der Waals surface area contributed by atoms with Crippen molar-refractivity contribution in [1.29, 1.82) is 0 Å². The van der Waals surface area contributed by atoms with Crippen LogP contribution < -0.4 is 5.32 Å². The number of rotatable bonds is 5. The molecule has 3 atom stereocenters. The fraction of sp³-hybridized carbons (Fsp3) is 0.647. The first-order chi connectivity index (χ1) is 9.54. The van der Waals surface area contributed by atoms with Crippen LogP contribution >= 0.6 is 11.6 Å². The topological polar surface area (TPSA) is 21.3 Å². The van der Waals surface area contributed by atoms with E-state index in [-0.39, 0.29) is 0 Å². The molecule has 0 bridgehead atoms. The van der Waals surface area contributed by atoms with Crippen molar-refractivity contribution < 1.29 is 4.74 Å². The van der Waals surface area contributed by atoms with Crippen LogP contribution in [0, 0.1) is 5.92 Å². The maximum absolute atomic E-state index is 6.04. The monoisotopic (exact) mass is 295 g/mol. The number of hydrogen-bond acceptors (Lipinski definition) is 2. The van der Waals surface area contributed by atoms with Crippen LogP contribution in [0.2, 0.25) is 5.02 Å². The Balaban J connectivity index is 1.83. The van der Waals surface area contributed by atoms with Gasteiger partial charge in [-0.2, -0.15) is 0 Å². The number of benzene rings is 1. The molecule has 2 nitrogen and oxygen atoms in total. The minimum atomic E-state index is 0.402. The van der Waals surface area contributed by atoms with Gasteiger partial charge in [0.05, 0.1) is 6.10 Å². The zero-order valence-electron chi connectivity index (χ0n) is 12.7. The second kappa shape index (κ2) is 7.44. The van der Waals surface area contributed by atoms with E-state index in [1.165, 1.54) is 5.56 Å². The highest BCUT2D eigenvalue weighted by atomic mass is 35.5. The van der Waals surface area contributed by atoms with Gasteiger partial charge in [0.25, 0.3) is 0 Å². The summed E-state index contributed by atoms with van der Waals surface area (Å²) in [5.41, 5.74) is 1.30. The molecule has 0 saturated carbocycles. The van der Waals surface area contributed by atoms with E-state index in [1.807, 2.05) is 12.1 Å². The summed E-state index contributed by atoms with van der Waals surface area (Å²) in [4.78, 5) is 0. The molecule has 3 heteroatoms. The van der Waals surface area contributed by atoms with Crippen LogP contribution in [-0.2, 0) is 11.2 Å². The zero-order valence-corrected chi connectivity index (χ0v) is 13.5. The fourth-order valence-corrected chi connectivity index (χ4v) is 3.14. The van der Waals surface area contributed by atoms with Crippen molar-refractivity contribution in [3.05, 3.63) is 34.9 Å². The highest BCUT2D eigenvalue weighted by Crippen LogP contribution is 2.21. The van der Waals surface area contributed by atoms with Crippen LogP contribution in [0.1, 0.15) is 39.2 Å². The lowest BCUT2D eigenvalue weighted by atomic mass is 9.94. The predicted octanol–water partition coefficient (Wildman–Crippen LogP) is 4.06. The lowest BCUT2D eigenvalue weighted by molar-refractivity contribution is -0.0256. The molecule has 1 aromatic rings. The van der Waals surface area contributed by atoms with E-state index in [1.54, 1.807) is 0 Å². The molecule has 0 amide bonds. The van der Waals surface area contributed by atoms with Gasteiger partial charge in [-0.3, -0.25) is 0 Å². The van der Waals surface area contributed by atoms with Gasteiger partial charge in [0.2, 0.25) is 0 Å². The van der Waals surface area contributed by atoms with Crippen molar-refractivity contribution in [1.82, 2.24) is 5.32 Å². The van der Waals surface area contributed by atoms with E-state index >= 15 is 0 Å². The lowest BCUT2D eigenvalue weighted by Crippen LogP contribution is -2.45. The van der Waals surface area contributed by atoms with Crippen molar-refractivity contribution in [2.24, 2.45) is 5.92 Å². The highest BCUT2D eigenvalue weighted by molar-refractivity contribution is 6.30. The zero-order chi connectivity index (χ0) is 14.5. The van der Waals surface area contributed by atoms with Gasteiger partial charge in [-0.15, -0.1) is 0 Å². The third kappa shape index (κ3) is 4.76. The molecular weight excluding hydrogens is 270 g/mol. The molecule has 1 aliphatic rings. The van der Waals surface area contributed by atoms with Crippen LogP contribution in [0.3, 0.4) is 0 Å². The van der Waals surface area contributed by atoms with E-state index < -0.39 is 0 Å². The van der Waals surface area contributed by atoms with Crippen LogP contribution in [0.5, 0.6) is 0 Å². The molecule has 0 aromatic heterocycles. The summed E-state index contributed by atoms with van der Waals surface area (Å²) in [7, 11) is 0. The minimum Gasteiger partial charge on any atom is -0.378 e. The first-order valence-electron chi connectivity index (χ1n) is 7.66. The Kier molecular flexibility index (Phi) is 5.88. The minimum absolute atomic E-state index is 0.402. The van der Waals surface area contributed by atoms with Crippen molar-refractivity contribution in [3.63, 3.8) is 0 Å². The molecule has 1 heterocycles. The molecule has 1 aromatic carbocycles. The Morgan fingerprint density at radius 3 is 2.85 bits per heavy atom. The molecule has 1 saturated heterocycles. The van der Waals surface area contributed by atoms with Crippen molar-refractivity contribution in [2.45, 2.75) is 58.2 Å². The normalized spacial score (nSPS) is 24.9. The average molecular weight is 296 g/mol. The van der Waals surface area contributed by atoms with Gasteiger partial charge in [-0.25, -0.2) is 0 Å². The molecule has 0 radical (unpaired) electrons. The van der Waals surface area contributed by atoms with E-state index in [0.29, 0.717) is 24.1 Å². The van der Waals surface area contributed by atoms with E-state index in [4.69, 9.17) is 16.3 Å². The number of nitrogens with one attached hydrogen (secondary N) is 1. The summed E-state index contributed by atoms with van der Waals surface area (Å²) in [6.45, 7) is 7.61. The van der Waals surface area contributed by atoms with E-state index in [0.717, 1.165) is 30.9 Å². The molecule has 3 unspecified atom stereocenters. The van der Waals surface area contributed by atoms with Gasteiger partial charge < -0.3 is 10.1 Å². The van der Waals surface area contributed by atoms with Gasteiger partial charge >= 0.3 is 0 Å². The molecule has 20 heavy (non-hydrogen) atoms. The SMILES string of the molecule is CC(Cc1cccc(Cl)c1)NC1CCOC(C(C)C)C1. The Hall–Kier alpha value is -0.570. The van der Waals surface area contributed by atoms with Crippen LogP contribution in [0.25, 0.3) is 0 Å². The smallest absolute Gasteiger partial charge is 0.0612 e. The van der Waals surface area contributed by atoms with Gasteiger partial charge in [-0.05, 0) is 49.8 Å². The third-order valence-electron chi connectivity index (χ3n) is 4.01. The average Bonchev–Trinajstić information content (AvgIpc) is 2.38. The van der Waals surface area contributed by atoms with Crippen molar-refractivity contribution in [3.8, 4) is 0 Å². The molecule has 1 aliphatic heterocycles. The van der Waals surface area contributed by atoms with Crippen LogP contribution in [0.15, 0.2) is 24.3 Å². The van der Waals surface area contributed by atoms with Crippen LogP contribution in [-0.4, -0.2) is 24.8 Å². The van der Waals surface area contributed by atoms with Crippen LogP contribution in [0.4, 0.5) is 0 Å². The highest BCUT2D eigenvalue weighted by Gasteiger charge is 2.25. The maximum Gasteiger partial charge on any atom is 0.0612 e. The first-order valence-corrected chi connectivity index (χ1v) is 8.04. The van der Waals surface area contributed by atoms with Gasteiger partial charge in [-0.1, -0.05) is 37.6 Å². The molecular formula is C17H26ClNO. The van der Waals surface area contributed by atoms with Gasteiger partial charge in [0.15, 0.2) is 0 Å². The molecule has 0 spiro atoms. The summed E-state index contributed by atoms with van der Waals surface area (Å²) in [5, 5.41) is 4.57. The van der Waals surface area contributed by atoms with E-state index in [2.05, 4.69) is 38.2 Å². The number of ether oxygens (including phenoxy) is 1. The Labute approximate surface area is 127 Å². The van der Waals surface area contributed by atoms with Crippen molar-refractivity contribution in [2.75, 3.05) is 6.61 Å². The number of hydrogen-bond donors (Lipinski definition) is 1. The summed E-state index contributed by atoms with van der Waals surface area (Å²) in [6, 6.07) is 9.18. The van der Waals surface area contributed by atoms with Crippen molar-refractivity contribution >= 4 is 11.6 Å². The third-order valence-corrected chi connectivity index (χ3v) is 4.24. The molecule has 112 valence electrons. The van der Waals surface area contributed by atoms with Gasteiger partial charge in [0.1, 0.15) is 0 Å². The molecule has 1 N–H and O–H groups in total. The summed E-state index contributed by atoms with van der Waals surface area (Å²) >= 11 is 6.04. The predicted molar refractivity (Wildman–Crippen MR) is 85.4 cm³/mol. The first kappa shape index (κ1) is 15.8. The molecule has 0 aliphatic carbocycles. The van der Waals surface area contributed by atoms with E-state index in [9.17, 15) is 0 Å². The Bertz CT molecular complexity index is 421. The van der Waals surface area contributed by atoms with Gasteiger partial charge in [0, 0.05) is 23.7 Å². The summed E-state index contributed by atoms with van der Waals surface area (Å²) in [5.74, 6) is 0.600. The fourth-order valence-electron chi connectivity index (χ4n) is 2.92. The summed E-state index contributed by atoms with van der Waals surface area (Å²) in [6.07, 6.45) is 3.66. The standard InChI is InChI=1S/C17H26ClNO/c1-12(2)17-11-16(7-8-20-17)19-13(3)9-14-5-4-6-15(18)10-14/h4-6,10,12-13,16-17,19H,7-9,11H2,1-3H3. The Morgan fingerprint density at radius 1 is 1.35 bits per heavy atom.